The molecule has 2 N–H and O–H groups in total. The average Bonchev–Trinajstić information content (AvgIpc) is 2.74. The van der Waals surface area contributed by atoms with Gasteiger partial charge in [-0.15, -0.1) is 0 Å². The summed E-state index contributed by atoms with van der Waals surface area (Å²) in [5, 5.41) is 5.12. The molecular weight excluding hydrogens is 430 g/mol. The van der Waals surface area contributed by atoms with Gasteiger partial charge in [-0.25, -0.2) is 13.8 Å². The number of ether oxygens (including phenoxy) is 1. The van der Waals surface area contributed by atoms with Gasteiger partial charge in [-0.2, -0.15) is 0 Å². The van der Waals surface area contributed by atoms with E-state index in [0.29, 0.717) is 16.7 Å². The van der Waals surface area contributed by atoms with Crippen LogP contribution in [-0.2, 0) is 4.79 Å². The molecule has 0 bridgehead atoms. The van der Waals surface area contributed by atoms with Crippen LogP contribution >= 0.6 is 11.6 Å². The minimum absolute atomic E-state index is 0.0408. The van der Waals surface area contributed by atoms with Gasteiger partial charge in [-0.1, -0.05) is 18.2 Å². The van der Waals surface area contributed by atoms with Gasteiger partial charge in [0.1, 0.15) is 23.1 Å². The Kier molecular flexibility index (Phi) is 7.09. The summed E-state index contributed by atoms with van der Waals surface area (Å²) < 4.78 is 31.7. The van der Waals surface area contributed by atoms with E-state index in [-0.39, 0.29) is 36.0 Å². The lowest BCUT2D eigenvalue weighted by molar-refractivity contribution is -0.123. The molecule has 0 saturated heterocycles. The molecule has 0 aliphatic heterocycles. The minimum atomic E-state index is -0.644. The Labute approximate surface area is 181 Å². The molecule has 0 radical (unpaired) electrons. The van der Waals surface area contributed by atoms with Crippen molar-refractivity contribution in [2.75, 3.05) is 13.2 Å². The summed E-state index contributed by atoms with van der Waals surface area (Å²) in [4.78, 5) is 32.3. The second-order valence-electron chi connectivity index (χ2n) is 6.41. The topological polar surface area (TPSA) is 93.2 Å². The summed E-state index contributed by atoms with van der Waals surface area (Å²) in [7, 11) is 0. The van der Waals surface area contributed by atoms with E-state index < -0.39 is 23.4 Å². The Morgan fingerprint density at radius 1 is 1.13 bits per heavy atom. The Hall–Kier alpha value is -3.59. The van der Waals surface area contributed by atoms with Crippen LogP contribution in [-0.4, -0.2) is 34.9 Å². The summed E-state index contributed by atoms with van der Waals surface area (Å²) in [5.74, 6) is -1.87. The van der Waals surface area contributed by atoms with E-state index in [1.165, 1.54) is 36.5 Å². The first-order valence-electron chi connectivity index (χ1n) is 9.08. The quantitative estimate of drug-likeness (QED) is 0.553. The highest BCUT2D eigenvalue weighted by Crippen LogP contribution is 2.20. The first-order valence-corrected chi connectivity index (χ1v) is 9.45. The molecule has 0 aliphatic rings. The molecule has 2 amide bonds. The van der Waals surface area contributed by atoms with Crippen LogP contribution in [0.2, 0.25) is 5.02 Å². The monoisotopic (exact) mass is 446 g/mol. The zero-order valence-corrected chi connectivity index (χ0v) is 16.9. The van der Waals surface area contributed by atoms with Crippen molar-refractivity contribution in [2.24, 2.45) is 0 Å². The molecule has 3 aromatic rings. The lowest BCUT2D eigenvalue weighted by Crippen LogP contribution is -2.31. The molecule has 0 unspecified atom stereocenters. The third-order valence-electron chi connectivity index (χ3n) is 4.04. The number of rotatable bonds is 8. The molecule has 0 spiro atoms. The molecule has 160 valence electrons. The normalized spacial score (nSPS) is 10.5. The van der Waals surface area contributed by atoms with Gasteiger partial charge in [0.05, 0.1) is 22.3 Å². The number of benzene rings is 2. The third-order valence-corrected chi connectivity index (χ3v) is 4.34. The van der Waals surface area contributed by atoms with Crippen LogP contribution in [0, 0.1) is 11.6 Å². The lowest BCUT2D eigenvalue weighted by Gasteiger charge is -2.10. The van der Waals surface area contributed by atoms with E-state index in [4.69, 9.17) is 16.3 Å². The highest BCUT2D eigenvalue weighted by Gasteiger charge is 2.11. The molecule has 0 aliphatic carbocycles. The van der Waals surface area contributed by atoms with Crippen LogP contribution in [0.3, 0.4) is 0 Å². The third kappa shape index (κ3) is 6.19. The maximum Gasteiger partial charge on any atom is 0.275 e. The van der Waals surface area contributed by atoms with Crippen LogP contribution in [0.25, 0.3) is 11.0 Å². The maximum absolute atomic E-state index is 13.3. The molecular formula is C21H17ClF2N4O3. The van der Waals surface area contributed by atoms with Crippen LogP contribution < -0.4 is 15.4 Å². The second kappa shape index (κ2) is 9.94. The summed E-state index contributed by atoms with van der Waals surface area (Å²) in [5.41, 5.74) is 1.12. The van der Waals surface area contributed by atoms with Crippen molar-refractivity contribution in [1.82, 2.24) is 20.6 Å². The van der Waals surface area contributed by atoms with Gasteiger partial charge in [0.15, 0.2) is 6.61 Å². The largest absolute Gasteiger partial charge is 0.484 e. The van der Waals surface area contributed by atoms with E-state index in [0.717, 1.165) is 6.07 Å². The molecule has 10 heteroatoms. The minimum Gasteiger partial charge on any atom is -0.484 e. The number of nitrogens with one attached hydrogen (secondary N) is 2. The Morgan fingerprint density at radius 3 is 2.71 bits per heavy atom. The SMILES string of the molecule is C=C(CCNC(=O)COc1ccc(Cl)c(F)c1)NC(=O)c1cnc2cc(F)ccc2n1. The van der Waals surface area contributed by atoms with Gasteiger partial charge in [-0.3, -0.25) is 14.6 Å². The molecule has 2 aromatic carbocycles. The zero-order chi connectivity index (χ0) is 22.4. The fourth-order valence-corrected chi connectivity index (χ4v) is 2.62. The fourth-order valence-electron chi connectivity index (χ4n) is 2.50. The van der Waals surface area contributed by atoms with Crippen molar-refractivity contribution < 1.29 is 23.1 Å². The Bertz CT molecular complexity index is 1160. The standard InChI is InChI=1S/C21H17ClF2N4O3/c1-12(6-7-25-20(29)11-31-14-3-4-15(22)16(24)9-14)27-21(30)19-10-26-18-8-13(23)2-5-17(18)28-19/h2-5,8-10H,1,6-7,11H2,(H,25,29)(H,27,30). The number of halogens is 3. The van der Waals surface area contributed by atoms with E-state index >= 15 is 0 Å². The molecule has 1 heterocycles. The number of hydrogen-bond acceptors (Lipinski definition) is 5. The molecule has 31 heavy (non-hydrogen) atoms. The van der Waals surface area contributed by atoms with E-state index in [9.17, 15) is 18.4 Å². The predicted octanol–water partition coefficient (Wildman–Crippen LogP) is 3.39. The number of aromatic nitrogens is 2. The summed E-state index contributed by atoms with van der Waals surface area (Å²) in [6.07, 6.45) is 1.50. The van der Waals surface area contributed by atoms with E-state index in [1.807, 2.05) is 0 Å². The van der Waals surface area contributed by atoms with Gasteiger partial charge in [0.2, 0.25) is 0 Å². The number of nitrogens with zero attached hydrogens (tertiary/aromatic N) is 2. The van der Waals surface area contributed by atoms with E-state index in [2.05, 4.69) is 27.2 Å². The zero-order valence-electron chi connectivity index (χ0n) is 16.1. The van der Waals surface area contributed by atoms with Crippen molar-refractivity contribution >= 4 is 34.4 Å². The maximum atomic E-state index is 13.3. The van der Waals surface area contributed by atoms with Crippen molar-refractivity contribution in [3.05, 3.63) is 77.2 Å². The smallest absolute Gasteiger partial charge is 0.275 e. The van der Waals surface area contributed by atoms with Crippen LogP contribution in [0.5, 0.6) is 5.75 Å². The van der Waals surface area contributed by atoms with Crippen LogP contribution in [0.4, 0.5) is 8.78 Å². The van der Waals surface area contributed by atoms with Crippen molar-refractivity contribution in [2.45, 2.75) is 6.42 Å². The first kappa shape index (κ1) is 22.1. The highest BCUT2D eigenvalue weighted by molar-refractivity contribution is 6.30. The average molecular weight is 447 g/mol. The number of carbonyl (C=O) groups excluding carboxylic acids is 2. The Morgan fingerprint density at radius 2 is 1.94 bits per heavy atom. The van der Waals surface area contributed by atoms with Crippen molar-refractivity contribution in [3.8, 4) is 5.75 Å². The van der Waals surface area contributed by atoms with Gasteiger partial charge < -0.3 is 15.4 Å². The molecule has 0 saturated carbocycles. The molecule has 0 atom stereocenters. The van der Waals surface area contributed by atoms with Crippen LogP contribution in [0.15, 0.2) is 54.9 Å². The molecule has 0 fully saturated rings. The molecule has 1 aromatic heterocycles. The van der Waals surface area contributed by atoms with Gasteiger partial charge in [-0.05, 0) is 24.3 Å². The molecule has 3 rings (SSSR count). The second-order valence-corrected chi connectivity index (χ2v) is 6.82. The Balaban J connectivity index is 1.42. The van der Waals surface area contributed by atoms with E-state index in [1.54, 1.807) is 0 Å². The van der Waals surface area contributed by atoms with Crippen LogP contribution in [0.1, 0.15) is 16.9 Å². The van der Waals surface area contributed by atoms with Gasteiger partial charge >= 0.3 is 0 Å². The summed E-state index contributed by atoms with van der Waals surface area (Å²) in [6.45, 7) is 3.62. The van der Waals surface area contributed by atoms with Gasteiger partial charge in [0.25, 0.3) is 11.8 Å². The van der Waals surface area contributed by atoms with Crippen molar-refractivity contribution in [1.29, 1.82) is 0 Å². The number of amides is 2. The fraction of sp³-hybridized carbons (Fsp3) is 0.143. The number of carbonyl (C=O) groups is 2. The number of fused-ring (bicyclic) bond motifs is 1. The van der Waals surface area contributed by atoms with Gasteiger partial charge in [0, 0.05) is 30.8 Å². The summed E-state index contributed by atoms with van der Waals surface area (Å²) in [6, 6.07) is 7.74. The van der Waals surface area contributed by atoms with Crippen molar-refractivity contribution in [3.63, 3.8) is 0 Å². The first-order chi connectivity index (χ1) is 14.8. The highest BCUT2D eigenvalue weighted by atomic mass is 35.5. The molecule has 7 nitrogen and oxygen atoms in total. The lowest BCUT2D eigenvalue weighted by atomic mass is 10.2. The predicted molar refractivity (Wildman–Crippen MR) is 111 cm³/mol. The summed E-state index contributed by atoms with van der Waals surface area (Å²) >= 11 is 5.58. The number of hydrogen-bond donors (Lipinski definition) is 2.